The van der Waals surface area contributed by atoms with E-state index in [0.29, 0.717) is 12.2 Å². The van der Waals surface area contributed by atoms with Crippen LogP contribution in [0.5, 0.6) is 0 Å². The molecule has 2 unspecified atom stereocenters. The molecule has 7 nitrogen and oxygen atoms in total. The lowest BCUT2D eigenvalue weighted by molar-refractivity contribution is -0.167. The normalized spacial score (nSPS) is 25.9. The van der Waals surface area contributed by atoms with Crippen LogP contribution in [0.2, 0.25) is 0 Å². The standard InChI is InChI=1S/C13H19F3N6O/c1-8-9(21-6-4-17-5-7-21)2-3-10-18-12(20-22(8)10)19-11(23)13(14,15)16/h8-9,17H,2-7H2,1H3,(H,19,20,23). The van der Waals surface area contributed by atoms with Crippen molar-refractivity contribution in [1.82, 2.24) is 25.0 Å². The Hall–Kier alpha value is -1.68. The minimum atomic E-state index is -4.94. The molecule has 1 aromatic heterocycles. The molecule has 1 fully saturated rings. The molecular formula is C13H19F3N6O. The summed E-state index contributed by atoms with van der Waals surface area (Å²) in [7, 11) is 0. The highest BCUT2D eigenvalue weighted by Crippen LogP contribution is 2.28. The molecule has 3 heterocycles. The molecule has 2 aliphatic heterocycles. The Morgan fingerprint density at radius 2 is 2.04 bits per heavy atom. The van der Waals surface area contributed by atoms with Crippen LogP contribution in [-0.2, 0) is 11.2 Å². The van der Waals surface area contributed by atoms with Crippen LogP contribution in [0.3, 0.4) is 0 Å². The summed E-state index contributed by atoms with van der Waals surface area (Å²) in [5.41, 5.74) is 0. The minimum absolute atomic E-state index is 0.000823. The summed E-state index contributed by atoms with van der Waals surface area (Å²) in [6.45, 7) is 5.73. The van der Waals surface area contributed by atoms with Crippen LogP contribution in [-0.4, -0.2) is 64.0 Å². The first-order chi connectivity index (χ1) is 10.9. The van der Waals surface area contributed by atoms with Gasteiger partial charge in [-0.3, -0.25) is 15.0 Å². The lowest BCUT2D eigenvalue weighted by Gasteiger charge is -2.40. The van der Waals surface area contributed by atoms with Crippen molar-refractivity contribution >= 4 is 11.9 Å². The number of anilines is 1. The smallest absolute Gasteiger partial charge is 0.314 e. The third kappa shape index (κ3) is 3.32. The lowest BCUT2D eigenvalue weighted by Crippen LogP contribution is -2.52. The Bertz CT molecular complexity index is 581. The third-order valence-corrected chi connectivity index (χ3v) is 4.41. The second-order valence-electron chi connectivity index (χ2n) is 5.88. The van der Waals surface area contributed by atoms with Gasteiger partial charge in [0.05, 0.1) is 6.04 Å². The van der Waals surface area contributed by atoms with Gasteiger partial charge in [0.2, 0.25) is 5.95 Å². The SMILES string of the molecule is CC1C(N2CCNCC2)CCc2nc(NC(=O)C(F)(F)F)nn21. The summed E-state index contributed by atoms with van der Waals surface area (Å²) in [5.74, 6) is -1.72. The van der Waals surface area contributed by atoms with E-state index >= 15 is 0 Å². The zero-order valence-electron chi connectivity index (χ0n) is 12.7. The van der Waals surface area contributed by atoms with Gasteiger partial charge < -0.3 is 5.32 Å². The zero-order chi connectivity index (χ0) is 16.6. The number of hydrogen-bond acceptors (Lipinski definition) is 5. The Balaban J connectivity index is 1.73. The minimum Gasteiger partial charge on any atom is -0.314 e. The first kappa shape index (κ1) is 16.2. The zero-order valence-corrected chi connectivity index (χ0v) is 12.7. The first-order valence-corrected chi connectivity index (χ1v) is 7.64. The summed E-state index contributed by atoms with van der Waals surface area (Å²) >= 11 is 0. The van der Waals surface area contributed by atoms with Crippen LogP contribution in [0.4, 0.5) is 19.1 Å². The van der Waals surface area contributed by atoms with Gasteiger partial charge in [-0.15, -0.1) is 5.10 Å². The Kier molecular flexibility index (Phi) is 4.28. The van der Waals surface area contributed by atoms with E-state index in [1.807, 2.05) is 6.92 Å². The molecule has 2 atom stereocenters. The number of alkyl halides is 3. The molecule has 128 valence electrons. The molecule has 2 aliphatic rings. The number of halogens is 3. The van der Waals surface area contributed by atoms with Crippen LogP contribution in [0.15, 0.2) is 0 Å². The quantitative estimate of drug-likeness (QED) is 0.828. The Labute approximate surface area is 131 Å². The fourth-order valence-electron chi connectivity index (χ4n) is 3.26. The average molecular weight is 332 g/mol. The van der Waals surface area contributed by atoms with Crippen LogP contribution in [0.1, 0.15) is 25.2 Å². The van der Waals surface area contributed by atoms with E-state index in [1.54, 1.807) is 10.00 Å². The van der Waals surface area contributed by atoms with Gasteiger partial charge in [0.15, 0.2) is 0 Å². The van der Waals surface area contributed by atoms with E-state index in [1.165, 1.54) is 0 Å². The number of rotatable bonds is 2. The Morgan fingerprint density at radius 3 is 2.70 bits per heavy atom. The van der Waals surface area contributed by atoms with Gasteiger partial charge in [-0.2, -0.15) is 18.2 Å². The molecule has 3 rings (SSSR count). The van der Waals surface area contributed by atoms with Crippen molar-refractivity contribution in [1.29, 1.82) is 0 Å². The number of nitrogens with zero attached hydrogens (tertiary/aromatic N) is 4. The van der Waals surface area contributed by atoms with Gasteiger partial charge in [0.1, 0.15) is 5.82 Å². The molecule has 23 heavy (non-hydrogen) atoms. The second kappa shape index (κ2) is 6.08. The van der Waals surface area contributed by atoms with Crippen molar-refractivity contribution in [3.8, 4) is 0 Å². The van der Waals surface area contributed by atoms with Gasteiger partial charge in [0.25, 0.3) is 0 Å². The van der Waals surface area contributed by atoms with Crippen LogP contribution >= 0.6 is 0 Å². The highest BCUT2D eigenvalue weighted by atomic mass is 19.4. The maximum absolute atomic E-state index is 12.3. The number of piperazine rings is 1. The summed E-state index contributed by atoms with van der Waals surface area (Å²) in [6.07, 6.45) is -3.43. The van der Waals surface area contributed by atoms with Crippen molar-refractivity contribution in [2.45, 2.75) is 38.0 Å². The molecule has 0 aromatic carbocycles. The van der Waals surface area contributed by atoms with Crippen LogP contribution in [0.25, 0.3) is 0 Å². The van der Waals surface area contributed by atoms with Crippen molar-refractivity contribution < 1.29 is 18.0 Å². The fourth-order valence-corrected chi connectivity index (χ4v) is 3.26. The molecule has 0 radical (unpaired) electrons. The number of nitrogens with one attached hydrogen (secondary N) is 2. The van der Waals surface area contributed by atoms with E-state index in [4.69, 9.17) is 0 Å². The summed E-state index contributed by atoms with van der Waals surface area (Å²) in [6, 6.07) is 0.276. The van der Waals surface area contributed by atoms with E-state index < -0.39 is 12.1 Å². The van der Waals surface area contributed by atoms with Crippen molar-refractivity contribution in [2.24, 2.45) is 0 Å². The molecule has 1 aromatic rings. The van der Waals surface area contributed by atoms with Crippen LogP contribution in [0, 0.1) is 0 Å². The van der Waals surface area contributed by atoms with E-state index in [-0.39, 0.29) is 18.0 Å². The highest BCUT2D eigenvalue weighted by molar-refractivity contribution is 5.93. The molecule has 0 aliphatic carbocycles. The van der Waals surface area contributed by atoms with Gasteiger partial charge in [-0.05, 0) is 13.3 Å². The van der Waals surface area contributed by atoms with E-state index in [0.717, 1.165) is 32.6 Å². The number of carbonyl (C=O) groups is 1. The molecule has 0 saturated carbocycles. The summed E-state index contributed by atoms with van der Waals surface area (Å²) in [4.78, 5) is 17.4. The molecule has 10 heteroatoms. The largest absolute Gasteiger partial charge is 0.471 e. The number of amides is 1. The highest BCUT2D eigenvalue weighted by Gasteiger charge is 2.40. The number of carbonyl (C=O) groups excluding carboxylic acids is 1. The maximum atomic E-state index is 12.3. The van der Waals surface area contributed by atoms with E-state index in [2.05, 4.69) is 20.3 Å². The average Bonchev–Trinajstić information content (AvgIpc) is 2.91. The number of aromatic nitrogens is 3. The van der Waals surface area contributed by atoms with Crippen molar-refractivity contribution in [2.75, 3.05) is 31.5 Å². The molecule has 0 spiro atoms. The van der Waals surface area contributed by atoms with Gasteiger partial charge >= 0.3 is 12.1 Å². The Morgan fingerprint density at radius 1 is 1.35 bits per heavy atom. The number of hydrogen-bond donors (Lipinski definition) is 2. The second-order valence-corrected chi connectivity index (χ2v) is 5.88. The first-order valence-electron chi connectivity index (χ1n) is 7.64. The molecule has 1 amide bonds. The predicted octanol–water partition coefficient (Wildman–Crippen LogP) is 0.560. The maximum Gasteiger partial charge on any atom is 0.471 e. The van der Waals surface area contributed by atoms with Crippen LogP contribution < -0.4 is 10.6 Å². The molecule has 2 N–H and O–H groups in total. The molecular weight excluding hydrogens is 313 g/mol. The molecule has 0 bridgehead atoms. The van der Waals surface area contributed by atoms with Gasteiger partial charge in [-0.1, -0.05) is 0 Å². The third-order valence-electron chi connectivity index (χ3n) is 4.41. The fraction of sp³-hybridized carbons (Fsp3) is 0.769. The number of aryl methyl sites for hydroxylation is 1. The van der Waals surface area contributed by atoms with E-state index in [9.17, 15) is 18.0 Å². The molecule has 1 saturated heterocycles. The van der Waals surface area contributed by atoms with Gasteiger partial charge in [-0.25, -0.2) is 4.68 Å². The monoisotopic (exact) mass is 332 g/mol. The van der Waals surface area contributed by atoms with Crippen molar-refractivity contribution in [3.05, 3.63) is 5.82 Å². The van der Waals surface area contributed by atoms with Gasteiger partial charge in [0, 0.05) is 38.6 Å². The van der Waals surface area contributed by atoms with Crippen molar-refractivity contribution in [3.63, 3.8) is 0 Å². The number of fused-ring (bicyclic) bond motifs is 1. The predicted molar refractivity (Wildman–Crippen MR) is 76.0 cm³/mol. The lowest BCUT2D eigenvalue weighted by atomic mass is 9.98. The summed E-state index contributed by atoms with van der Waals surface area (Å²) < 4.78 is 38.6. The summed E-state index contributed by atoms with van der Waals surface area (Å²) in [5, 5.41) is 9.08. The topological polar surface area (TPSA) is 75.1 Å².